The van der Waals surface area contributed by atoms with E-state index in [1.165, 1.54) is 33.0 Å². The fourth-order valence-electron chi connectivity index (χ4n) is 6.35. The van der Waals surface area contributed by atoms with Crippen LogP contribution in [0.15, 0.2) is 116 Å². The predicted molar refractivity (Wildman–Crippen MR) is 185 cm³/mol. The molecule has 5 nitrogen and oxygen atoms in total. The molecule has 224 valence electrons. The largest absolute Gasteiger partial charge is 0.457 e. The van der Waals surface area contributed by atoms with Gasteiger partial charge in [-0.15, -0.1) is 0 Å². The number of hydrogen-bond donors (Lipinski definition) is 0. The highest BCUT2D eigenvalue weighted by atomic mass is 16.5. The van der Waals surface area contributed by atoms with E-state index < -0.39 is 0 Å². The first-order chi connectivity index (χ1) is 21.9. The highest BCUT2D eigenvalue weighted by Gasteiger charge is 2.16. The van der Waals surface area contributed by atoms with Crippen LogP contribution in [-0.4, -0.2) is 19.3 Å². The molecule has 0 spiro atoms. The summed E-state index contributed by atoms with van der Waals surface area (Å²) in [5.41, 5.74) is 9.43. The van der Waals surface area contributed by atoms with Crippen LogP contribution in [0.25, 0.3) is 44.4 Å². The molecule has 0 aliphatic heterocycles. The van der Waals surface area contributed by atoms with Gasteiger partial charge >= 0.3 is 0 Å². The number of ether oxygens (including phenoxy) is 1. The Bertz CT molecular complexity index is 2150. The zero-order valence-corrected chi connectivity index (χ0v) is 26.5. The number of pyridine rings is 1. The van der Waals surface area contributed by atoms with Gasteiger partial charge in [-0.1, -0.05) is 70.2 Å². The normalized spacial score (nSPS) is 11.7. The monoisotopic (exact) mass is 590 g/mol. The molecular formula is C40H38N4O. The van der Waals surface area contributed by atoms with Gasteiger partial charge in [0.05, 0.1) is 22.9 Å². The summed E-state index contributed by atoms with van der Waals surface area (Å²) in [6.07, 6.45) is 7.03. The Morgan fingerprint density at radius 1 is 0.756 bits per heavy atom. The number of aryl methyl sites for hydroxylation is 1. The minimum atomic E-state index is 0.413. The van der Waals surface area contributed by atoms with E-state index in [2.05, 4.69) is 118 Å². The van der Waals surface area contributed by atoms with Crippen LogP contribution in [0.1, 0.15) is 50.3 Å². The molecular weight excluding hydrogens is 552 g/mol. The van der Waals surface area contributed by atoms with Crippen LogP contribution in [0.3, 0.4) is 0 Å². The molecule has 0 saturated heterocycles. The maximum Gasteiger partial charge on any atom is 0.137 e. The Morgan fingerprint density at radius 2 is 1.56 bits per heavy atom. The lowest BCUT2D eigenvalue weighted by atomic mass is 9.92. The number of nitrogens with zero attached hydrogens (tertiary/aromatic N) is 4. The van der Waals surface area contributed by atoms with E-state index in [-0.39, 0.29) is 0 Å². The summed E-state index contributed by atoms with van der Waals surface area (Å²) >= 11 is 0. The number of rotatable bonds is 8. The van der Waals surface area contributed by atoms with Crippen LogP contribution in [0.5, 0.6) is 11.5 Å². The minimum absolute atomic E-state index is 0.413. The van der Waals surface area contributed by atoms with Gasteiger partial charge in [-0.3, -0.25) is 4.57 Å². The maximum absolute atomic E-state index is 6.50. The molecule has 0 aliphatic rings. The zero-order chi connectivity index (χ0) is 31.1. The summed E-state index contributed by atoms with van der Waals surface area (Å²) in [4.78, 5) is 4.78. The van der Waals surface area contributed by atoms with Crippen LogP contribution < -0.4 is 4.74 Å². The lowest BCUT2D eigenvalue weighted by molar-refractivity contribution is 0.483. The summed E-state index contributed by atoms with van der Waals surface area (Å²) in [6.45, 7) is 11.1. The Balaban J connectivity index is 1.24. The molecule has 4 aromatic carbocycles. The van der Waals surface area contributed by atoms with Crippen LogP contribution in [0.2, 0.25) is 0 Å². The van der Waals surface area contributed by atoms with Gasteiger partial charge in [0.25, 0.3) is 0 Å². The summed E-state index contributed by atoms with van der Waals surface area (Å²) in [6, 6.07) is 33.8. The number of fused-ring (bicyclic) bond motifs is 3. The van der Waals surface area contributed by atoms with Crippen LogP contribution in [-0.2, 0) is 6.42 Å². The standard InChI is InChI=1S/C40H38N4O/c1-26(2)20-30-11-8-10-28(5)40(30)31-24-42-43(25-31)32-12-9-13-33(22-32)45-34-16-17-36-35-14-6-7-15-37(35)44(38(36)23-34)39-21-29(27(3)4)18-19-41-39/h6-19,21-27H,20H2,1-5H3. The SMILES string of the molecule is Cc1cccc(CC(C)C)c1-c1cnn(-c2cccc(Oc3ccc4c5ccccc5n(-c5cc(C(C)C)ccn5)c4c3)c2)c1. The average Bonchev–Trinajstić information content (AvgIpc) is 3.64. The number of para-hydroxylation sites is 1. The van der Waals surface area contributed by atoms with Crippen molar-refractivity contribution in [2.45, 2.75) is 47.0 Å². The summed E-state index contributed by atoms with van der Waals surface area (Å²) in [7, 11) is 0. The molecule has 0 aliphatic carbocycles. The molecule has 0 atom stereocenters. The van der Waals surface area contributed by atoms with Gasteiger partial charge in [-0.25, -0.2) is 9.67 Å². The molecule has 5 heteroatoms. The van der Waals surface area contributed by atoms with E-state index in [4.69, 9.17) is 14.8 Å². The summed E-state index contributed by atoms with van der Waals surface area (Å²) < 4.78 is 10.7. The molecule has 7 aromatic rings. The highest BCUT2D eigenvalue weighted by Crippen LogP contribution is 2.36. The van der Waals surface area contributed by atoms with E-state index >= 15 is 0 Å². The molecule has 0 bridgehead atoms. The number of aromatic nitrogens is 4. The summed E-state index contributed by atoms with van der Waals surface area (Å²) in [5.74, 6) is 3.42. The molecule has 0 N–H and O–H groups in total. The molecule has 0 unspecified atom stereocenters. The van der Waals surface area contributed by atoms with Crippen molar-refractivity contribution in [3.8, 4) is 34.1 Å². The molecule has 0 fully saturated rings. The second kappa shape index (κ2) is 11.7. The average molecular weight is 591 g/mol. The van der Waals surface area contributed by atoms with E-state index in [1.807, 2.05) is 41.3 Å². The molecule has 3 aromatic heterocycles. The molecule has 0 saturated carbocycles. The van der Waals surface area contributed by atoms with Gasteiger partial charge in [0.2, 0.25) is 0 Å². The Hall–Kier alpha value is -5.16. The smallest absolute Gasteiger partial charge is 0.137 e. The Kier molecular flexibility index (Phi) is 7.46. The first-order valence-electron chi connectivity index (χ1n) is 15.8. The van der Waals surface area contributed by atoms with Crippen molar-refractivity contribution < 1.29 is 4.74 Å². The maximum atomic E-state index is 6.50. The van der Waals surface area contributed by atoms with Crippen molar-refractivity contribution in [2.24, 2.45) is 5.92 Å². The van der Waals surface area contributed by atoms with E-state index in [0.717, 1.165) is 46.0 Å². The van der Waals surface area contributed by atoms with Crippen LogP contribution >= 0.6 is 0 Å². The quantitative estimate of drug-likeness (QED) is 0.177. The van der Waals surface area contributed by atoms with Crippen LogP contribution in [0.4, 0.5) is 0 Å². The van der Waals surface area contributed by atoms with Gasteiger partial charge in [-0.05, 0) is 89.9 Å². The first-order valence-corrected chi connectivity index (χ1v) is 15.8. The molecule has 0 amide bonds. The van der Waals surface area contributed by atoms with Crippen molar-refractivity contribution in [1.82, 2.24) is 19.3 Å². The fraction of sp³-hybridized carbons (Fsp3) is 0.200. The molecule has 45 heavy (non-hydrogen) atoms. The van der Waals surface area contributed by atoms with E-state index in [0.29, 0.717) is 11.8 Å². The predicted octanol–water partition coefficient (Wildman–Crippen LogP) is 10.5. The molecule has 0 radical (unpaired) electrons. The topological polar surface area (TPSA) is 44.9 Å². The third kappa shape index (κ3) is 5.51. The molecule has 7 rings (SSSR count). The molecule has 3 heterocycles. The highest BCUT2D eigenvalue weighted by molar-refractivity contribution is 6.09. The van der Waals surface area contributed by atoms with Crippen molar-refractivity contribution in [3.63, 3.8) is 0 Å². The van der Waals surface area contributed by atoms with E-state index in [9.17, 15) is 0 Å². The van der Waals surface area contributed by atoms with Gasteiger partial charge in [0.15, 0.2) is 0 Å². The van der Waals surface area contributed by atoms with Crippen molar-refractivity contribution in [3.05, 3.63) is 132 Å². The first kappa shape index (κ1) is 28.6. The summed E-state index contributed by atoms with van der Waals surface area (Å²) in [5, 5.41) is 7.11. The Morgan fingerprint density at radius 3 is 2.40 bits per heavy atom. The van der Waals surface area contributed by atoms with E-state index in [1.54, 1.807) is 0 Å². The lowest BCUT2D eigenvalue weighted by Gasteiger charge is -2.13. The number of benzene rings is 4. The van der Waals surface area contributed by atoms with Crippen molar-refractivity contribution in [1.29, 1.82) is 0 Å². The van der Waals surface area contributed by atoms with Gasteiger partial charge in [0.1, 0.15) is 17.3 Å². The second-order valence-electron chi connectivity index (χ2n) is 12.6. The second-order valence-corrected chi connectivity index (χ2v) is 12.6. The van der Waals surface area contributed by atoms with Crippen molar-refractivity contribution in [2.75, 3.05) is 0 Å². The Labute approximate surface area is 264 Å². The van der Waals surface area contributed by atoms with Gasteiger partial charge in [0, 0.05) is 40.9 Å². The third-order valence-corrected chi connectivity index (χ3v) is 8.49. The minimum Gasteiger partial charge on any atom is -0.457 e. The fourth-order valence-corrected chi connectivity index (χ4v) is 6.35. The van der Waals surface area contributed by atoms with Crippen molar-refractivity contribution >= 4 is 21.8 Å². The van der Waals surface area contributed by atoms with Gasteiger partial charge in [-0.2, -0.15) is 5.10 Å². The van der Waals surface area contributed by atoms with Crippen LogP contribution in [0, 0.1) is 12.8 Å². The van der Waals surface area contributed by atoms with Gasteiger partial charge < -0.3 is 4.74 Å². The zero-order valence-electron chi connectivity index (χ0n) is 26.5. The third-order valence-electron chi connectivity index (χ3n) is 8.49. The number of hydrogen-bond acceptors (Lipinski definition) is 3. The lowest BCUT2D eigenvalue weighted by Crippen LogP contribution is -1.99.